The zero-order chi connectivity index (χ0) is 29.2. The zero-order valence-corrected chi connectivity index (χ0v) is 17.0. The molecule has 0 bridgehead atoms. The molecule has 0 amide bonds. The van der Waals surface area contributed by atoms with E-state index in [0.29, 0.717) is 6.92 Å². The zero-order valence-electron chi connectivity index (χ0n) is 17.0. The van der Waals surface area contributed by atoms with Crippen molar-refractivity contribution < 1.29 is 85.3 Å². The normalized spacial score (nSPS) is 14.0. The van der Waals surface area contributed by atoms with E-state index in [9.17, 15) is 75.4 Å². The Morgan fingerprint density at radius 2 is 0.914 bits per heavy atom. The number of carbonyl (C=O) groups is 2. The molecule has 0 aromatic rings. The van der Waals surface area contributed by atoms with Crippen LogP contribution in [0.5, 0.6) is 0 Å². The van der Waals surface area contributed by atoms with Gasteiger partial charge in [0.25, 0.3) is 0 Å². The number of hydrogen-bond donors (Lipinski definition) is 1. The molecule has 0 radical (unpaired) electrons. The molecule has 19 heteroatoms. The number of carboxylic acid groups (broad SMARTS) is 1. The van der Waals surface area contributed by atoms with E-state index in [1.807, 2.05) is 0 Å². The van der Waals surface area contributed by atoms with Crippen molar-refractivity contribution in [1.82, 2.24) is 0 Å². The highest BCUT2D eigenvalue weighted by Crippen LogP contribution is 2.62. The van der Waals surface area contributed by atoms with E-state index in [4.69, 9.17) is 5.11 Å². The lowest BCUT2D eigenvalue weighted by molar-refractivity contribution is -0.453. The summed E-state index contributed by atoms with van der Waals surface area (Å²) in [5.74, 6) is -50.2. The fourth-order valence-corrected chi connectivity index (χ4v) is 1.37. The second-order valence-corrected chi connectivity index (χ2v) is 6.52. The number of esters is 1. The summed E-state index contributed by atoms with van der Waals surface area (Å²) >= 11 is 0. The van der Waals surface area contributed by atoms with E-state index in [1.165, 1.54) is 6.92 Å². The molecule has 0 spiro atoms. The van der Waals surface area contributed by atoms with Crippen LogP contribution in [0.25, 0.3) is 0 Å². The molecule has 0 aromatic heterocycles. The van der Waals surface area contributed by atoms with E-state index in [-0.39, 0.29) is 5.57 Å². The molecule has 0 atom stereocenters. The maximum atomic E-state index is 13.3. The summed E-state index contributed by atoms with van der Waals surface area (Å²) in [5, 5.41) is 7.89. The molecule has 0 fully saturated rings. The van der Waals surface area contributed by atoms with Gasteiger partial charge in [-0.2, -0.15) is 65.9 Å². The molecule has 0 aromatic carbocycles. The minimum absolute atomic E-state index is 0.176. The average molecular weight is 554 g/mol. The molecular weight excluding hydrogens is 541 g/mol. The number of aliphatic carboxylic acids is 1. The third-order valence-electron chi connectivity index (χ3n) is 3.49. The first-order valence-corrected chi connectivity index (χ1v) is 8.02. The van der Waals surface area contributed by atoms with Gasteiger partial charge in [-0.3, -0.25) is 0 Å². The number of hydrogen-bond acceptors (Lipinski definition) is 3. The first-order valence-electron chi connectivity index (χ1n) is 8.02. The lowest BCUT2D eigenvalue weighted by Crippen LogP contribution is -2.73. The third-order valence-corrected chi connectivity index (χ3v) is 3.49. The van der Waals surface area contributed by atoms with Crippen LogP contribution in [0.2, 0.25) is 0 Å². The highest BCUT2D eigenvalue weighted by molar-refractivity contribution is 5.87. The van der Waals surface area contributed by atoms with Crippen LogP contribution in [-0.2, 0) is 14.3 Å². The molecule has 0 saturated heterocycles. The van der Waals surface area contributed by atoms with Crippen molar-refractivity contribution in [3.05, 3.63) is 24.3 Å². The summed E-state index contributed by atoms with van der Waals surface area (Å²) in [4.78, 5) is 20.4. The Morgan fingerprint density at radius 1 is 0.629 bits per heavy atom. The van der Waals surface area contributed by atoms with Crippen molar-refractivity contribution in [2.45, 2.75) is 55.6 Å². The molecule has 0 aliphatic heterocycles. The molecular formula is C16H13F15O4. The van der Waals surface area contributed by atoms with E-state index in [1.54, 1.807) is 0 Å². The summed E-state index contributed by atoms with van der Waals surface area (Å²) in [6.45, 7) is 4.87. The summed E-state index contributed by atoms with van der Waals surface area (Å²) in [6.07, 6.45) is -7.66. The number of rotatable bonds is 9. The first-order chi connectivity index (χ1) is 15.0. The van der Waals surface area contributed by atoms with Crippen molar-refractivity contribution in [3.63, 3.8) is 0 Å². The quantitative estimate of drug-likeness (QED) is 0.212. The molecule has 4 nitrogen and oxygen atoms in total. The topological polar surface area (TPSA) is 63.6 Å². The number of carbonyl (C=O) groups excluding carboxylic acids is 1. The predicted octanol–water partition coefficient (Wildman–Crippen LogP) is 6.13. The minimum Gasteiger partial charge on any atom is -0.478 e. The Kier molecular flexibility index (Phi) is 10.0. The third kappa shape index (κ3) is 6.33. The second kappa shape index (κ2) is 10.2. The standard InChI is InChI=1S/C12H7F15O2.C4H6O2/c1-4(2)5(28)29-3-6(13,14)7(15,16)8(17,18)9(19,20)10(21,22)11(23,24)12(25,26)27;1-3(2)4(5)6/h1,3H2,2H3;1H2,2H3,(H,5,6). The largest absolute Gasteiger partial charge is 0.478 e. The lowest BCUT2D eigenvalue weighted by atomic mass is 9.91. The van der Waals surface area contributed by atoms with Gasteiger partial charge in [0.2, 0.25) is 0 Å². The van der Waals surface area contributed by atoms with Crippen LogP contribution in [0.3, 0.4) is 0 Å². The molecule has 35 heavy (non-hydrogen) atoms. The van der Waals surface area contributed by atoms with E-state index < -0.39 is 65.8 Å². The van der Waals surface area contributed by atoms with Crippen molar-refractivity contribution in [3.8, 4) is 0 Å². The molecule has 1 N–H and O–H groups in total. The lowest BCUT2D eigenvalue weighted by Gasteiger charge is -2.41. The maximum Gasteiger partial charge on any atom is 0.460 e. The van der Waals surface area contributed by atoms with Crippen LogP contribution >= 0.6 is 0 Å². The Labute approximate surface area is 185 Å². The van der Waals surface area contributed by atoms with Gasteiger partial charge in [0.1, 0.15) is 0 Å². The van der Waals surface area contributed by atoms with Crippen molar-refractivity contribution in [1.29, 1.82) is 0 Å². The van der Waals surface area contributed by atoms with Crippen LogP contribution in [0.4, 0.5) is 65.9 Å². The highest BCUT2D eigenvalue weighted by atomic mass is 19.4. The molecule has 0 heterocycles. The Hall–Kier alpha value is -2.63. The van der Waals surface area contributed by atoms with Crippen LogP contribution < -0.4 is 0 Å². The SMILES string of the molecule is C=C(C)C(=O)O.C=C(C)C(=O)OCC(F)(F)C(F)(F)C(F)(F)C(F)(F)C(F)(F)C(F)(F)C(F)(F)F. The molecule has 0 rings (SSSR count). The average Bonchev–Trinajstić information content (AvgIpc) is 2.64. The summed E-state index contributed by atoms with van der Waals surface area (Å²) in [5.41, 5.74) is -0.632. The fraction of sp³-hybridized carbons (Fsp3) is 0.625. The van der Waals surface area contributed by atoms with Gasteiger partial charge in [-0.25, -0.2) is 9.59 Å². The van der Waals surface area contributed by atoms with Gasteiger partial charge >= 0.3 is 53.7 Å². The molecule has 0 aliphatic carbocycles. The molecule has 0 aliphatic rings. The van der Waals surface area contributed by atoms with Crippen LogP contribution in [-0.4, -0.2) is 65.4 Å². The monoisotopic (exact) mass is 554 g/mol. The number of alkyl halides is 15. The molecule has 206 valence electrons. The van der Waals surface area contributed by atoms with Crippen LogP contribution in [0.1, 0.15) is 13.8 Å². The van der Waals surface area contributed by atoms with Crippen molar-refractivity contribution in [2.75, 3.05) is 6.61 Å². The van der Waals surface area contributed by atoms with Gasteiger partial charge in [0.05, 0.1) is 0 Å². The number of ether oxygens (including phenoxy) is 1. The minimum atomic E-state index is -8.37. The highest BCUT2D eigenvalue weighted by Gasteiger charge is 2.93. The van der Waals surface area contributed by atoms with Gasteiger partial charge < -0.3 is 9.84 Å². The number of halogens is 15. The van der Waals surface area contributed by atoms with Gasteiger partial charge in [-0.1, -0.05) is 13.2 Å². The molecule has 0 unspecified atom stereocenters. The predicted molar refractivity (Wildman–Crippen MR) is 84.0 cm³/mol. The Morgan fingerprint density at radius 3 is 1.17 bits per heavy atom. The van der Waals surface area contributed by atoms with Crippen LogP contribution in [0, 0.1) is 0 Å². The Balaban J connectivity index is 0. The van der Waals surface area contributed by atoms with E-state index in [0.717, 1.165) is 0 Å². The van der Waals surface area contributed by atoms with Crippen LogP contribution in [0.15, 0.2) is 24.3 Å². The molecule has 0 saturated carbocycles. The maximum absolute atomic E-state index is 13.3. The fourth-order valence-electron chi connectivity index (χ4n) is 1.37. The van der Waals surface area contributed by atoms with Gasteiger partial charge in [-0.05, 0) is 13.8 Å². The summed E-state index contributed by atoms with van der Waals surface area (Å²) < 4.78 is 196. The van der Waals surface area contributed by atoms with E-state index >= 15 is 0 Å². The first kappa shape index (κ1) is 34.5. The van der Waals surface area contributed by atoms with Gasteiger partial charge in [0.15, 0.2) is 6.61 Å². The van der Waals surface area contributed by atoms with Crippen molar-refractivity contribution >= 4 is 11.9 Å². The van der Waals surface area contributed by atoms with E-state index in [2.05, 4.69) is 17.9 Å². The Bertz CT molecular complexity index is 815. The van der Waals surface area contributed by atoms with Gasteiger partial charge in [-0.15, -0.1) is 0 Å². The van der Waals surface area contributed by atoms with Crippen molar-refractivity contribution in [2.24, 2.45) is 0 Å². The summed E-state index contributed by atoms with van der Waals surface area (Å²) in [6, 6.07) is 0. The second-order valence-electron chi connectivity index (χ2n) is 6.52. The van der Waals surface area contributed by atoms with Gasteiger partial charge in [0, 0.05) is 11.1 Å². The summed E-state index contributed by atoms with van der Waals surface area (Å²) in [7, 11) is 0. The number of carboxylic acids is 1. The smallest absolute Gasteiger partial charge is 0.460 e.